The number of aryl methyl sites for hydroxylation is 1. The van der Waals surface area contributed by atoms with Crippen molar-refractivity contribution in [2.45, 2.75) is 13.8 Å². The summed E-state index contributed by atoms with van der Waals surface area (Å²) in [6.45, 7) is 3.85. The van der Waals surface area contributed by atoms with Gasteiger partial charge in [-0.15, -0.1) is 11.3 Å². The van der Waals surface area contributed by atoms with Gasteiger partial charge in [-0.2, -0.15) is 0 Å². The number of fused-ring (bicyclic) bond motifs is 1. The van der Waals surface area contributed by atoms with Crippen molar-refractivity contribution >= 4 is 39.5 Å². The lowest BCUT2D eigenvalue weighted by Crippen LogP contribution is -2.13. The minimum Gasteiger partial charge on any atom is -0.320 e. The summed E-state index contributed by atoms with van der Waals surface area (Å²) in [7, 11) is 0. The Balaban J connectivity index is 1.90. The van der Waals surface area contributed by atoms with Gasteiger partial charge in [-0.1, -0.05) is 17.7 Å². The van der Waals surface area contributed by atoms with Gasteiger partial charge in [-0.3, -0.25) is 9.20 Å². The van der Waals surface area contributed by atoms with E-state index in [9.17, 15) is 4.79 Å². The van der Waals surface area contributed by atoms with Crippen molar-refractivity contribution < 1.29 is 4.79 Å². The molecule has 0 aliphatic heterocycles. The highest BCUT2D eigenvalue weighted by Gasteiger charge is 2.14. The van der Waals surface area contributed by atoms with Gasteiger partial charge in [-0.25, -0.2) is 4.98 Å². The minimum absolute atomic E-state index is 0.231. The quantitative estimate of drug-likeness (QED) is 0.780. The fourth-order valence-electron chi connectivity index (χ4n) is 1.93. The summed E-state index contributed by atoms with van der Waals surface area (Å²) in [6.07, 6.45) is 1.75. The van der Waals surface area contributed by atoms with Crippen LogP contribution in [0.2, 0.25) is 5.02 Å². The predicted octanol–water partition coefficient (Wildman–Crippen LogP) is 3.92. The first kappa shape index (κ1) is 13.1. The molecule has 0 fully saturated rings. The van der Waals surface area contributed by atoms with Crippen LogP contribution in [0.3, 0.4) is 0 Å². The number of benzene rings is 1. The fourth-order valence-corrected chi connectivity index (χ4v) is 2.96. The summed E-state index contributed by atoms with van der Waals surface area (Å²) in [5.41, 5.74) is 3.02. The molecule has 4 nitrogen and oxygen atoms in total. The van der Waals surface area contributed by atoms with Crippen LogP contribution < -0.4 is 5.32 Å². The largest absolute Gasteiger partial charge is 0.320 e. The van der Waals surface area contributed by atoms with E-state index in [0.29, 0.717) is 16.4 Å². The summed E-state index contributed by atoms with van der Waals surface area (Å²) in [6, 6.07) is 5.42. The van der Waals surface area contributed by atoms with Crippen molar-refractivity contribution in [2.24, 2.45) is 0 Å². The highest BCUT2D eigenvalue weighted by molar-refractivity contribution is 7.15. The van der Waals surface area contributed by atoms with Gasteiger partial charge >= 0.3 is 0 Å². The highest BCUT2D eigenvalue weighted by Crippen LogP contribution is 2.23. The van der Waals surface area contributed by atoms with Gasteiger partial charge in [0.25, 0.3) is 5.91 Å². The molecule has 0 aliphatic carbocycles. The summed E-state index contributed by atoms with van der Waals surface area (Å²) >= 11 is 7.56. The van der Waals surface area contributed by atoms with Crippen LogP contribution in [-0.2, 0) is 0 Å². The first-order valence-electron chi connectivity index (χ1n) is 6.06. The topological polar surface area (TPSA) is 46.4 Å². The molecular weight excluding hydrogens is 294 g/mol. The fraction of sp³-hybridized carbons (Fsp3) is 0.143. The number of halogens is 1. The summed E-state index contributed by atoms with van der Waals surface area (Å²) in [5, 5.41) is 5.48. The van der Waals surface area contributed by atoms with Crippen LogP contribution in [0, 0.1) is 13.8 Å². The standard InChI is InChI=1S/C14H12ClN3OS/c1-8-7-20-14-17-12(6-18(8)14)13(19)16-11-5-3-4-10(15)9(11)2/h3-7H,1-2H3,(H,16,19). The number of anilines is 1. The summed E-state index contributed by atoms with van der Waals surface area (Å²) in [5.74, 6) is -0.231. The second-order valence-electron chi connectivity index (χ2n) is 4.52. The highest BCUT2D eigenvalue weighted by atomic mass is 35.5. The molecule has 0 spiro atoms. The van der Waals surface area contributed by atoms with Crippen LogP contribution in [0.25, 0.3) is 4.96 Å². The molecule has 0 bridgehead atoms. The number of carbonyl (C=O) groups excluding carboxylic acids is 1. The van der Waals surface area contributed by atoms with Crippen LogP contribution in [0.1, 0.15) is 21.7 Å². The first-order valence-corrected chi connectivity index (χ1v) is 7.31. The molecule has 20 heavy (non-hydrogen) atoms. The van der Waals surface area contributed by atoms with Crippen LogP contribution in [0.5, 0.6) is 0 Å². The van der Waals surface area contributed by atoms with E-state index in [1.54, 1.807) is 18.3 Å². The second kappa shape index (κ2) is 4.92. The Morgan fingerprint density at radius 3 is 2.95 bits per heavy atom. The molecule has 3 rings (SSSR count). The molecule has 1 aromatic carbocycles. The molecule has 0 atom stereocenters. The van der Waals surface area contributed by atoms with E-state index in [0.717, 1.165) is 16.2 Å². The van der Waals surface area contributed by atoms with Crippen LogP contribution in [-0.4, -0.2) is 15.3 Å². The maximum Gasteiger partial charge on any atom is 0.275 e. The molecule has 3 aromatic rings. The smallest absolute Gasteiger partial charge is 0.275 e. The molecule has 0 unspecified atom stereocenters. The Bertz CT molecular complexity index is 806. The monoisotopic (exact) mass is 305 g/mol. The molecule has 0 saturated carbocycles. The van der Waals surface area contributed by atoms with E-state index in [1.807, 2.05) is 29.7 Å². The summed E-state index contributed by atoms with van der Waals surface area (Å²) < 4.78 is 1.91. The van der Waals surface area contributed by atoms with Crippen LogP contribution >= 0.6 is 22.9 Å². The van der Waals surface area contributed by atoms with Crippen molar-refractivity contribution in [3.63, 3.8) is 0 Å². The first-order chi connectivity index (χ1) is 9.56. The molecule has 0 radical (unpaired) electrons. The van der Waals surface area contributed by atoms with Gasteiger partial charge in [0, 0.05) is 28.0 Å². The van der Waals surface area contributed by atoms with E-state index in [4.69, 9.17) is 11.6 Å². The zero-order chi connectivity index (χ0) is 14.3. The van der Waals surface area contributed by atoms with Gasteiger partial charge in [0.15, 0.2) is 4.96 Å². The third-order valence-corrected chi connectivity index (χ3v) is 4.50. The number of nitrogens with zero attached hydrogens (tertiary/aromatic N) is 2. The number of imidazole rings is 1. The van der Waals surface area contributed by atoms with E-state index in [2.05, 4.69) is 10.3 Å². The Hall–Kier alpha value is -1.85. The lowest BCUT2D eigenvalue weighted by atomic mass is 10.2. The van der Waals surface area contributed by atoms with Gasteiger partial charge in [0.2, 0.25) is 0 Å². The van der Waals surface area contributed by atoms with E-state index in [1.165, 1.54) is 11.3 Å². The Morgan fingerprint density at radius 2 is 2.20 bits per heavy atom. The molecule has 6 heteroatoms. The van der Waals surface area contributed by atoms with Gasteiger partial charge < -0.3 is 5.32 Å². The molecule has 0 aliphatic rings. The molecule has 0 saturated heterocycles. The van der Waals surface area contributed by atoms with Crippen molar-refractivity contribution in [2.75, 3.05) is 5.32 Å². The number of hydrogen-bond acceptors (Lipinski definition) is 3. The molecule has 2 aromatic heterocycles. The third kappa shape index (κ3) is 2.19. The van der Waals surface area contributed by atoms with E-state index in [-0.39, 0.29) is 5.91 Å². The van der Waals surface area contributed by atoms with Crippen molar-refractivity contribution in [3.8, 4) is 0 Å². The SMILES string of the molecule is Cc1c(Cl)cccc1NC(=O)c1cn2c(C)csc2n1. The molecule has 1 N–H and O–H groups in total. The van der Waals surface area contributed by atoms with Crippen LogP contribution in [0.4, 0.5) is 5.69 Å². The molecular formula is C14H12ClN3OS. The number of rotatable bonds is 2. The zero-order valence-electron chi connectivity index (χ0n) is 11.0. The molecule has 102 valence electrons. The maximum atomic E-state index is 12.2. The van der Waals surface area contributed by atoms with Crippen molar-refractivity contribution in [1.82, 2.24) is 9.38 Å². The zero-order valence-corrected chi connectivity index (χ0v) is 12.5. The molecule has 1 amide bonds. The number of aromatic nitrogens is 2. The predicted molar refractivity (Wildman–Crippen MR) is 81.9 cm³/mol. The van der Waals surface area contributed by atoms with E-state index < -0.39 is 0 Å². The second-order valence-corrected chi connectivity index (χ2v) is 5.77. The van der Waals surface area contributed by atoms with Gasteiger partial charge in [-0.05, 0) is 31.5 Å². The number of amides is 1. The number of thiazole rings is 1. The normalized spacial score (nSPS) is 10.9. The van der Waals surface area contributed by atoms with Gasteiger partial charge in [0.1, 0.15) is 5.69 Å². The lowest BCUT2D eigenvalue weighted by Gasteiger charge is -2.07. The van der Waals surface area contributed by atoms with Gasteiger partial charge in [0.05, 0.1) is 0 Å². The lowest BCUT2D eigenvalue weighted by molar-refractivity contribution is 0.102. The molecule has 2 heterocycles. The average Bonchev–Trinajstić information content (AvgIpc) is 2.98. The van der Waals surface area contributed by atoms with E-state index >= 15 is 0 Å². The summed E-state index contributed by atoms with van der Waals surface area (Å²) in [4.78, 5) is 17.4. The third-order valence-electron chi connectivity index (χ3n) is 3.14. The number of nitrogens with one attached hydrogen (secondary N) is 1. The Labute approximate surface area is 125 Å². The minimum atomic E-state index is -0.231. The maximum absolute atomic E-state index is 12.2. The van der Waals surface area contributed by atoms with Crippen molar-refractivity contribution in [1.29, 1.82) is 0 Å². The number of carbonyl (C=O) groups is 1. The Morgan fingerprint density at radius 1 is 1.40 bits per heavy atom. The average molecular weight is 306 g/mol. The van der Waals surface area contributed by atoms with Crippen molar-refractivity contribution in [3.05, 3.63) is 51.7 Å². The van der Waals surface area contributed by atoms with Crippen LogP contribution in [0.15, 0.2) is 29.8 Å². The Kier molecular flexibility index (Phi) is 3.23. The number of hydrogen-bond donors (Lipinski definition) is 1.